The van der Waals surface area contributed by atoms with E-state index >= 15 is 0 Å². The normalized spacial score (nSPS) is 16.6. The van der Waals surface area contributed by atoms with E-state index in [1.165, 1.54) is 0 Å². The lowest BCUT2D eigenvalue weighted by Crippen LogP contribution is -2.51. The van der Waals surface area contributed by atoms with E-state index in [-0.39, 0.29) is 5.91 Å². The second kappa shape index (κ2) is 8.43. The van der Waals surface area contributed by atoms with Gasteiger partial charge in [-0.05, 0) is 42.5 Å². The molecule has 168 valence electrons. The molecule has 1 atom stereocenters. The third kappa shape index (κ3) is 3.61. The first-order chi connectivity index (χ1) is 16.1. The van der Waals surface area contributed by atoms with Crippen molar-refractivity contribution in [1.29, 1.82) is 0 Å². The van der Waals surface area contributed by atoms with Crippen LogP contribution >= 0.6 is 0 Å². The first kappa shape index (κ1) is 20.8. The highest BCUT2D eigenvalue weighted by Crippen LogP contribution is 2.40. The van der Waals surface area contributed by atoms with Crippen LogP contribution in [0.1, 0.15) is 15.9 Å². The second-order valence-corrected chi connectivity index (χ2v) is 7.72. The second-order valence-electron chi connectivity index (χ2n) is 7.72. The van der Waals surface area contributed by atoms with Crippen LogP contribution in [0.25, 0.3) is 6.08 Å². The molecule has 2 aliphatic rings. The van der Waals surface area contributed by atoms with Crippen molar-refractivity contribution in [1.82, 2.24) is 0 Å². The molecule has 33 heavy (non-hydrogen) atoms. The Bertz CT molecular complexity index is 1250. The van der Waals surface area contributed by atoms with E-state index in [0.717, 1.165) is 28.3 Å². The van der Waals surface area contributed by atoms with Gasteiger partial charge in [0.05, 0.1) is 32.6 Å². The summed E-state index contributed by atoms with van der Waals surface area (Å²) in [6.07, 6.45) is 1.59. The Balaban J connectivity index is 1.63. The van der Waals surface area contributed by atoms with Crippen LogP contribution in [0.5, 0.6) is 23.0 Å². The molecular formula is C26H24N2O5. The third-order valence-electron chi connectivity index (χ3n) is 5.88. The van der Waals surface area contributed by atoms with Crippen molar-refractivity contribution in [2.45, 2.75) is 6.17 Å². The lowest BCUT2D eigenvalue weighted by Gasteiger charge is -2.40. The maximum atomic E-state index is 13.7. The Morgan fingerprint density at radius 1 is 0.939 bits per heavy atom. The summed E-state index contributed by atoms with van der Waals surface area (Å²) >= 11 is 0. The van der Waals surface area contributed by atoms with Crippen molar-refractivity contribution in [2.75, 3.05) is 38.2 Å². The van der Waals surface area contributed by atoms with Gasteiger partial charge >= 0.3 is 0 Å². The molecule has 0 saturated heterocycles. The van der Waals surface area contributed by atoms with Crippen LogP contribution in [0, 0.1) is 0 Å². The SMILES string of the molecule is COc1ccc2c(c1)OCC([C@H]1Nc3ccccc3C(=O)N1c1ccc(OC)cc1OC)=C2. The molecule has 3 aromatic carbocycles. The van der Waals surface area contributed by atoms with Crippen molar-refractivity contribution in [3.63, 3.8) is 0 Å². The number of methoxy groups -OCH3 is 3. The molecule has 1 amide bonds. The van der Waals surface area contributed by atoms with Crippen molar-refractivity contribution in [3.8, 4) is 23.0 Å². The van der Waals surface area contributed by atoms with E-state index in [1.54, 1.807) is 32.3 Å². The van der Waals surface area contributed by atoms with Crippen LogP contribution in [-0.4, -0.2) is 40.0 Å². The Hall–Kier alpha value is -4.13. The van der Waals surface area contributed by atoms with Crippen LogP contribution in [0.15, 0.2) is 66.2 Å². The standard InChI is InChI=1S/C26H24N2O5/c1-30-18-9-8-16-12-17(15-33-23(16)13-18)25-27-21-7-5-4-6-20(21)26(29)28(25)22-11-10-19(31-2)14-24(22)32-3/h4-14,25,27H,15H2,1-3H3/t25-/m0/s1. The minimum absolute atomic E-state index is 0.126. The summed E-state index contributed by atoms with van der Waals surface area (Å²) in [7, 11) is 4.80. The van der Waals surface area contributed by atoms with Crippen molar-refractivity contribution in [3.05, 3.63) is 77.4 Å². The fourth-order valence-corrected chi connectivity index (χ4v) is 4.19. The van der Waals surface area contributed by atoms with Crippen molar-refractivity contribution in [2.24, 2.45) is 0 Å². The summed E-state index contributed by atoms with van der Waals surface area (Å²) in [6, 6.07) is 18.6. The number of hydrogen-bond donors (Lipinski definition) is 1. The van der Waals surface area contributed by atoms with Gasteiger partial charge in [0.2, 0.25) is 0 Å². The Kier molecular flexibility index (Phi) is 5.30. The predicted molar refractivity (Wildman–Crippen MR) is 127 cm³/mol. The number of benzene rings is 3. The molecule has 3 aromatic rings. The van der Waals surface area contributed by atoms with Gasteiger partial charge in [-0.1, -0.05) is 12.1 Å². The summed E-state index contributed by atoms with van der Waals surface area (Å²) in [5.74, 6) is 2.54. The topological polar surface area (TPSA) is 69.3 Å². The Morgan fingerprint density at radius 2 is 1.70 bits per heavy atom. The molecule has 2 aliphatic heterocycles. The monoisotopic (exact) mass is 444 g/mol. The maximum Gasteiger partial charge on any atom is 0.262 e. The number of hydrogen-bond acceptors (Lipinski definition) is 6. The van der Waals surface area contributed by atoms with Crippen molar-refractivity contribution >= 4 is 23.4 Å². The molecule has 0 unspecified atom stereocenters. The predicted octanol–water partition coefficient (Wildman–Crippen LogP) is 4.59. The molecule has 0 bridgehead atoms. The first-order valence-electron chi connectivity index (χ1n) is 10.6. The zero-order valence-corrected chi connectivity index (χ0v) is 18.6. The number of para-hydroxylation sites is 1. The fraction of sp³-hybridized carbons (Fsp3) is 0.192. The van der Waals surface area contributed by atoms with Crippen LogP contribution < -0.4 is 29.2 Å². The number of ether oxygens (including phenoxy) is 4. The average molecular weight is 444 g/mol. The molecule has 0 aliphatic carbocycles. The van der Waals surface area contributed by atoms with Gasteiger partial charge in [-0.15, -0.1) is 0 Å². The summed E-state index contributed by atoms with van der Waals surface area (Å²) in [5.41, 5.74) is 3.84. The smallest absolute Gasteiger partial charge is 0.262 e. The largest absolute Gasteiger partial charge is 0.497 e. The van der Waals surface area contributed by atoms with Crippen molar-refractivity contribution < 1.29 is 23.7 Å². The fourth-order valence-electron chi connectivity index (χ4n) is 4.19. The number of amides is 1. The Labute approximate surface area is 192 Å². The number of fused-ring (bicyclic) bond motifs is 2. The molecule has 0 fully saturated rings. The minimum atomic E-state index is -0.468. The lowest BCUT2D eigenvalue weighted by molar-refractivity contribution is 0.0977. The highest BCUT2D eigenvalue weighted by atomic mass is 16.5. The van der Waals surface area contributed by atoms with Crippen LogP contribution in [0.2, 0.25) is 0 Å². The molecule has 0 spiro atoms. The Morgan fingerprint density at radius 3 is 2.48 bits per heavy atom. The third-order valence-corrected chi connectivity index (χ3v) is 5.88. The molecule has 2 heterocycles. The number of anilines is 2. The number of nitrogens with one attached hydrogen (secondary N) is 1. The van der Waals surface area contributed by atoms with Crippen LogP contribution in [-0.2, 0) is 0 Å². The van der Waals surface area contributed by atoms with Gasteiger partial charge in [0, 0.05) is 29.0 Å². The first-order valence-corrected chi connectivity index (χ1v) is 10.6. The van der Waals surface area contributed by atoms with E-state index in [9.17, 15) is 4.79 Å². The molecule has 5 rings (SSSR count). The summed E-state index contributed by atoms with van der Waals surface area (Å²) < 4.78 is 22.3. The summed E-state index contributed by atoms with van der Waals surface area (Å²) in [4.78, 5) is 15.4. The minimum Gasteiger partial charge on any atom is -0.497 e. The lowest BCUT2D eigenvalue weighted by atomic mass is 9.99. The zero-order chi connectivity index (χ0) is 22.9. The van der Waals surface area contributed by atoms with E-state index in [2.05, 4.69) is 11.4 Å². The van der Waals surface area contributed by atoms with Crippen LogP contribution in [0.4, 0.5) is 11.4 Å². The van der Waals surface area contributed by atoms with Gasteiger partial charge in [-0.25, -0.2) is 0 Å². The number of rotatable bonds is 5. The van der Waals surface area contributed by atoms with Gasteiger partial charge < -0.3 is 24.3 Å². The number of nitrogens with zero attached hydrogens (tertiary/aromatic N) is 1. The van der Waals surface area contributed by atoms with Gasteiger partial charge in [0.15, 0.2) is 0 Å². The highest BCUT2D eigenvalue weighted by molar-refractivity contribution is 6.13. The molecule has 0 aromatic heterocycles. The number of carbonyl (C=O) groups excluding carboxylic acids is 1. The number of carbonyl (C=O) groups is 1. The van der Waals surface area contributed by atoms with Gasteiger partial charge in [0.25, 0.3) is 5.91 Å². The summed E-state index contributed by atoms with van der Waals surface area (Å²) in [6.45, 7) is 0.322. The zero-order valence-electron chi connectivity index (χ0n) is 18.6. The highest BCUT2D eigenvalue weighted by Gasteiger charge is 2.37. The van der Waals surface area contributed by atoms with Gasteiger partial charge in [-0.2, -0.15) is 0 Å². The average Bonchev–Trinajstić information content (AvgIpc) is 2.87. The molecular weight excluding hydrogens is 420 g/mol. The van der Waals surface area contributed by atoms with E-state index in [4.69, 9.17) is 18.9 Å². The molecule has 7 nitrogen and oxygen atoms in total. The van der Waals surface area contributed by atoms with Gasteiger partial charge in [0.1, 0.15) is 35.8 Å². The van der Waals surface area contributed by atoms with E-state index in [0.29, 0.717) is 29.4 Å². The molecule has 0 radical (unpaired) electrons. The molecule has 1 N–H and O–H groups in total. The quantitative estimate of drug-likeness (QED) is 0.621. The molecule has 7 heteroatoms. The van der Waals surface area contributed by atoms with Crippen LogP contribution in [0.3, 0.4) is 0 Å². The van der Waals surface area contributed by atoms with E-state index in [1.807, 2.05) is 54.6 Å². The summed E-state index contributed by atoms with van der Waals surface area (Å²) in [5, 5.41) is 3.52. The maximum absolute atomic E-state index is 13.7. The van der Waals surface area contributed by atoms with Gasteiger partial charge in [-0.3, -0.25) is 9.69 Å². The van der Waals surface area contributed by atoms with E-state index < -0.39 is 6.17 Å². The molecule has 0 saturated carbocycles.